The Bertz CT molecular complexity index is 249. The Morgan fingerprint density at radius 3 is 2.13 bits per heavy atom. The van der Waals surface area contributed by atoms with Crippen LogP contribution in [-0.4, -0.2) is 29.6 Å². The van der Waals surface area contributed by atoms with Gasteiger partial charge in [0, 0.05) is 6.54 Å². The normalized spacial score (nSPS) is 13.9. The van der Waals surface area contributed by atoms with E-state index in [-0.39, 0.29) is 12.5 Å². The molecule has 0 aromatic rings. The Morgan fingerprint density at radius 1 is 1.40 bits per heavy atom. The lowest BCUT2D eigenvalue weighted by atomic mass is 9.91. The summed E-state index contributed by atoms with van der Waals surface area (Å²) in [5, 5.41) is 11.7. The van der Waals surface area contributed by atoms with Gasteiger partial charge in [-0.2, -0.15) is 0 Å². The predicted molar refractivity (Wildman–Crippen MR) is 57.2 cm³/mol. The highest BCUT2D eigenvalue weighted by molar-refractivity contribution is 5.80. The van der Waals surface area contributed by atoms with Gasteiger partial charge in [0.15, 0.2) is 0 Å². The smallest absolute Gasteiger partial charge is 0.320 e. The van der Waals surface area contributed by atoms with Crippen molar-refractivity contribution in [1.82, 2.24) is 5.32 Å². The maximum Gasteiger partial charge on any atom is 0.320 e. The molecule has 5 heteroatoms. The first kappa shape index (κ1) is 13.9. The minimum atomic E-state index is -0.912. The molecule has 1 unspecified atom stereocenters. The fraction of sp³-hybridized carbons (Fsp3) is 0.800. The third-order valence-corrected chi connectivity index (χ3v) is 2.36. The molecule has 1 amide bonds. The van der Waals surface area contributed by atoms with Gasteiger partial charge in [0.25, 0.3) is 0 Å². The molecule has 0 spiro atoms. The summed E-state index contributed by atoms with van der Waals surface area (Å²) in [6.45, 7) is 7.24. The molecule has 0 aliphatic carbocycles. The van der Waals surface area contributed by atoms with E-state index in [1.54, 1.807) is 13.8 Å². The highest BCUT2D eigenvalue weighted by Gasteiger charge is 2.28. The molecule has 88 valence electrons. The summed E-state index contributed by atoms with van der Waals surface area (Å²) in [6.07, 6.45) is 0. The summed E-state index contributed by atoms with van der Waals surface area (Å²) in [7, 11) is 0. The van der Waals surface area contributed by atoms with Gasteiger partial charge in [-0.05, 0) is 19.8 Å². The van der Waals surface area contributed by atoms with E-state index in [1.165, 1.54) is 0 Å². The van der Waals surface area contributed by atoms with Crippen molar-refractivity contribution in [3.8, 4) is 0 Å². The molecule has 5 nitrogen and oxygen atoms in total. The molecule has 0 rings (SSSR count). The van der Waals surface area contributed by atoms with E-state index >= 15 is 0 Å². The van der Waals surface area contributed by atoms with Gasteiger partial charge in [0.2, 0.25) is 5.91 Å². The van der Waals surface area contributed by atoms with Crippen LogP contribution in [0.25, 0.3) is 0 Å². The highest BCUT2D eigenvalue weighted by atomic mass is 16.4. The van der Waals surface area contributed by atoms with E-state index in [9.17, 15) is 9.59 Å². The van der Waals surface area contributed by atoms with Crippen molar-refractivity contribution in [3.05, 3.63) is 0 Å². The molecule has 0 saturated heterocycles. The Balaban J connectivity index is 4.35. The first-order valence-corrected chi connectivity index (χ1v) is 4.94. The minimum Gasteiger partial charge on any atom is -0.480 e. The molecule has 0 bridgehead atoms. The van der Waals surface area contributed by atoms with Crippen LogP contribution in [0.1, 0.15) is 27.7 Å². The Kier molecular flexibility index (Phi) is 4.74. The number of nitrogens with one attached hydrogen (secondary N) is 1. The second-order valence-corrected chi connectivity index (χ2v) is 4.69. The first-order chi connectivity index (χ1) is 6.68. The molecule has 0 aliphatic rings. The third kappa shape index (κ3) is 4.29. The number of rotatable bonds is 6. The molecule has 0 radical (unpaired) electrons. The van der Waals surface area contributed by atoms with E-state index in [0.29, 0.717) is 0 Å². The lowest BCUT2D eigenvalue weighted by molar-refractivity contribution is -0.141. The second kappa shape index (κ2) is 5.11. The number of nitrogens with two attached hydrogens (primary N) is 1. The van der Waals surface area contributed by atoms with E-state index in [4.69, 9.17) is 10.8 Å². The van der Waals surface area contributed by atoms with Gasteiger partial charge in [-0.3, -0.25) is 9.59 Å². The Morgan fingerprint density at radius 2 is 1.87 bits per heavy atom. The van der Waals surface area contributed by atoms with Crippen LogP contribution in [0, 0.1) is 11.3 Å². The number of amides is 1. The SMILES string of the molecule is CC(C)C(NCC(C)(C)C(N)=O)C(=O)O. The molecular weight excluding hydrogens is 196 g/mol. The lowest BCUT2D eigenvalue weighted by Gasteiger charge is -2.25. The molecule has 4 N–H and O–H groups in total. The second-order valence-electron chi connectivity index (χ2n) is 4.69. The number of hydrogen-bond acceptors (Lipinski definition) is 3. The molecule has 0 aliphatic heterocycles. The molecule has 0 fully saturated rings. The van der Waals surface area contributed by atoms with Crippen LogP contribution >= 0.6 is 0 Å². The number of carboxylic acids is 1. The number of carbonyl (C=O) groups excluding carboxylic acids is 1. The zero-order valence-corrected chi connectivity index (χ0v) is 9.70. The van der Waals surface area contributed by atoms with Crippen molar-refractivity contribution in [1.29, 1.82) is 0 Å². The highest BCUT2D eigenvalue weighted by Crippen LogP contribution is 2.13. The van der Waals surface area contributed by atoms with Crippen molar-refractivity contribution < 1.29 is 14.7 Å². The van der Waals surface area contributed by atoms with E-state index in [0.717, 1.165) is 0 Å². The van der Waals surface area contributed by atoms with Crippen LogP contribution in [0.5, 0.6) is 0 Å². The number of carboxylic acid groups (broad SMARTS) is 1. The lowest BCUT2D eigenvalue weighted by Crippen LogP contribution is -2.48. The average Bonchev–Trinajstić information content (AvgIpc) is 2.02. The van der Waals surface area contributed by atoms with Gasteiger partial charge in [0.05, 0.1) is 5.41 Å². The zero-order chi connectivity index (χ0) is 12.2. The summed E-state index contributed by atoms with van der Waals surface area (Å²) in [6, 6.07) is -0.649. The number of aliphatic carboxylic acids is 1. The quantitative estimate of drug-likeness (QED) is 0.591. The van der Waals surface area contributed by atoms with E-state index in [1.807, 2.05) is 13.8 Å². The number of hydrogen-bond donors (Lipinski definition) is 3. The van der Waals surface area contributed by atoms with Gasteiger partial charge < -0.3 is 16.2 Å². The van der Waals surface area contributed by atoms with Gasteiger partial charge >= 0.3 is 5.97 Å². The zero-order valence-electron chi connectivity index (χ0n) is 9.70. The molecule has 0 aromatic carbocycles. The van der Waals surface area contributed by atoms with Crippen LogP contribution in [0.4, 0.5) is 0 Å². The molecule has 15 heavy (non-hydrogen) atoms. The van der Waals surface area contributed by atoms with Crippen LogP contribution in [0.2, 0.25) is 0 Å². The van der Waals surface area contributed by atoms with Crippen molar-refractivity contribution in [2.75, 3.05) is 6.54 Å². The van der Waals surface area contributed by atoms with Crippen molar-refractivity contribution in [3.63, 3.8) is 0 Å². The van der Waals surface area contributed by atoms with Crippen molar-refractivity contribution in [2.24, 2.45) is 17.1 Å². The molecule has 0 saturated carbocycles. The van der Waals surface area contributed by atoms with Gasteiger partial charge in [0.1, 0.15) is 6.04 Å². The van der Waals surface area contributed by atoms with Crippen LogP contribution in [0.3, 0.4) is 0 Å². The van der Waals surface area contributed by atoms with E-state index < -0.39 is 23.3 Å². The molecular formula is C10H20N2O3. The minimum absolute atomic E-state index is 0.0359. The summed E-state index contributed by atoms with van der Waals surface area (Å²) in [5.41, 5.74) is 4.45. The fourth-order valence-electron chi connectivity index (χ4n) is 1.06. The number of primary amides is 1. The van der Waals surface area contributed by atoms with Crippen LogP contribution in [0.15, 0.2) is 0 Å². The van der Waals surface area contributed by atoms with Gasteiger partial charge in [-0.15, -0.1) is 0 Å². The van der Waals surface area contributed by atoms with Crippen molar-refractivity contribution >= 4 is 11.9 Å². The standard InChI is InChI=1S/C10H20N2O3/c1-6(2)7(8(13)14)12-5-10(3,4)9(11)15/h6-7,12H,5H2,1-4H3,(H2,11,15)(H,13,14). The Hall–Kier alpha value is -1.10. The molecule has 1 atom stereocenters. The van der Waals surface area contributed by atoms with Crippen LogP contribution in [-0.2, 0) is 9.59 Å². The van der Waals surface area contributed by atoms with Gasteiger partial charge in [-0.25, -0.2) is 0 Å². The van der Waals surface area contributed by atoms with E-state index in [2.05, 4.69) is 5.32 Å². The summed E-state index contributed by atoms with van der Waals surface area (Å²) >= 11 is 0. The molecule has 0 aromatic heterocycles. The molecule has 0 heterocycles. The largest absolute Gasteiger partial charge is 0.480 e. The average molecular weight is 216 g/mol. The van der Waals surface area contributed by atoms with Gasteiger partial charge in [-0.1, -0.05) is 13.8 Å². The summed E-state index contributed by atoms with van der Waals surface area (Å²) < 4.78 is 0. The van der Waals surface area contributed by atoms with Crippen LogP contribution < -0.4 is 11.1 Å². The maximum absolute atomic E-state index is 11.0. The number of carbonyl (C=O) groups is 2. The monoisotopic (exact) mass is 216 g/mol. The summed E-state index contributed by atoms with van der Waals surface area (Å²) in [5.74, 6) is -1.39. The fourth-order valence-corrected chi connectivity index (χ4v) is 1.06. The Labute approximate surface area is 90.0 Å². The summed E-state index contributed by atoms with van der Waals surface area (Å²) in [4.78, 5) is 21.9. The predicted octanol–water partition coefficient (Wildman–Crippen LogP) is 0.197. The topological polar surface area (TPSA) is 92.4 Å². The first-order valence-electron chi connectivity index (χ1n) is 4.94. The third-order valence-electron chi connectivity index (χ3n) is 2.36. The van der Waals surface area contributed by atoms with Crippen molar-refractivity contribution in [2.45, 2.75) is 33.7 Å². The maximum atomic E-state index is 11.0.